The Balaban J connectivity index is 2.04. The molecular formula is C17H13F2N3O3. The number of amides is 1. The van der Waals surface area contributed by atoms with Gasteiger partial charge in [0.2, 0.25) is 5.91 Å². The van der Waals surface area contributed by atoms with Crippen LogP contribution in [0.3, 0.4) is 0 Å². The highest BCUT2D eigenvalue weighted by atomic mass is 19.3. The summed E-state index contributed by atoms with van der Waals surface area (Å²) in [5.74, 6) is -0.117. The molecule has 0 saturated heterocycles. The number of benzene rings is 1. The third kappa shape index (κ3) is 5.28. The summed E-state index contributed by atoms with van der Waals surface area (Å²) in [6.45, 7) is -2.96. The minimum absolute atomic E-state index is 0.0964. The number of hydrogen-bond donors (Lipinski definition) is 1. The van der Waals surface area contributed by atoms with Gasteiger partial charge in [-0.2, -0.15) is 14.0 Å². The van der Waals surface area contributed by atoms with Crippen molar-refractivity contribution in [3.8, 4) is 17.6 Å². The molecule has 2 rings (SSSR count). The molecule has 1 amide bonds. The monoisotopic (exact) mass is 345 g/mol. The molecule has 0 spiro atoms. The highest BCUT2D eigenvalue weighted by Gasteiger charge is 2.10. The lowest BCUT2D eigenvalue weighted by atomic mass is 10.2. The van der Waals surface area contributed by atoms with E-state index in [1.54, 1.807) is 0 Å². The summed E-state index contributed by atoms with van der Waals surface area (Å²) in [6, 6.07) is 9.24. The van der Waals surface area contributed by atoms with Gasteiger partial charge < -0.3 is 14.8 Å². The number of aromatic nitrogens is 1. The van der Waals surface area contributed by atoms with Crippen molar-refractivity contribution in [1.82, 2.24) is 4.98 Å². The van der Waals surface area contributed by atoms with Crippen LogP contribution in [0.2, 0.25) is 0 Å². The van der Waals surface area contributed by atoms with Gasteiger partial charge in [0, 0.05) is 12.3 Å². The second-order valence-corrected chi connectivity index (χ2v) is 4.66. The molecule has 0 aliphatic carbocycles. The Kier molecular flexibility index (Phi) is 6.01. The largest absolute Gasteiger partial charge is 0.493 e. The van der Waals surface area contributed by atoms with E-state index in [2.05, 4.69) is 15.0 Å². The smallest absolute Gasteiger partial charge is 0.387 e. The van der Waals surface area contributed by atoms with Crippen LogP contribution in [0.25, 0.3) is 6.08 Å². The van der Waals surface area contributed by atoms with E-state index in [4.69, 9.17) is 10.00 Å². The van der Waals surface area contributed by atoms with Crippen molar-refractivity contribution >= 4 is 17.8 Å². The number of nitriles is 1. The van der Waals surface area contributed by atoms with Crippen LogP contribution in [0.5, 0.6) is 11.5 Å². The summed E-state index contributed by atoms with van der Waals surface area (Å²) in [7, 11) is 1.32. The zero-order valence-corrected chi connectivity index (χ0v) is 13.1. The van der Waals surface area contributed by atoms with Crippen molar-refractivity contribution < 1.29 is 23.0 Å². The number of nitrogens with zero attached hydrogens (tertiary/aromatic N) is 2. The maximum Gasteiger partial charge on any atom is 0.387 e. The molecule has 0 aliphatic heterocycles. The van der Waals surface area contributed by atoms with Crippen LogP contribution in [0, 0.1) is 11.3 Å². The second-order valence-electron chi connectivity index (χ2n) is 4.66. The van der Waals surface area contributed by atoms with E-state index in [-0.39, 0.29) is 11.5 Å². The number of methoxy groups -OCH3 is 1. The van der Waals surface area contributed by atoms with E-state index in [0.29, 0.717) is 16.9 Å². The molecule has 2 aromatic rings. The molecule has 6 nitrogen and oxygen atoms in total. The van der Waals surface area contributed by atoms with Crippen molar-refractivity contribution in [2.45, 2.75) is 6.61 Å². The van der Waals surface area contributed by atoms with E-state index in [0.717, 1.165) is 0 Å². The average molecular weight is 345 g/mol. The van der Waals surface area contributed by atoms with Crippen molar-refractivity contribution in [2.75, 3.05) is 12.4 Å². The summed E-state index contributed by atoms with van der Waals surface area (Å²) in [5.41, 5.74) is 0.938. The molecule has 0 fully saturated rings. The molecule has 1 heterocycles. The SMILES string of the molecule is COc1cc(C=CC(=O)Nc2ccc(C#N)cn2)ccc1OC(F)F. The van der Waals surface area contributed by atoms with E-state index in [1.807, 2.05) is 6.07 Å². The van der Waals surface area contributed by atoms with Crippen LogP contribution < -0.4 is 14.8 Å². The number of halogens is 2. The van der Waals surface area contributed by atoms with Crippen molar-refractivity contribution in [3.05, 3.63) is 53.7 Å². The Morgan fingerprint density at radius 3 is 2.72 bits per heavy atom. The van der Waals surface area contributed by atoms with Gasteiger partial charge in [0.05, 0.1) is 12.7 Å². The van der Waals surface area contributed by atoms with Crippen LogP contribution in [-0.2, 0) is 4.79 Å². The Morgan fingerprint density at radius 1 is 1.32 bits per heavy atom. The van der Waals surface area contributed by atoms with Crippen LogP contribution in [0.4, 0.5) is 14.6 Å². The lowest BCUT2D eigenvalue weighted by Gasteiger charge is -2.10. The number of alkyl halides is 2. The Hall–Kier alpha value is -3.47. The maximum absolute atomic E-state index is 12.3. The van der Waals surface area contributed by atoms with Crippen LogP contribution in [-0.4, -0.2) is 24.6 Å². The minimum atomic E-state index is -2.96. The van der Waals surface area contributed by atoms with Gasteiger partial charge in [-0.3, -0.25) is 4.79 Å². The van der Waals surface area contributed by atoms with Gasteiger partial charge in [-0.15, -0.1) is 0 Å². The quantitative estimate of drug-likeness (QED) is 0.813. The lowest BCUT2D eigenvalue weighted by Crippen LogP contribution is -2.09. The van der Waals surface area contributed by atoms with Gasteiger partial charge in [-0.25, -0.2) is 4.98 Å². The minimum Gasteiger partial charge on any atom is -0.493 e. The molecule has 0 atom stereocenters. The first-order valence-electron chi connectivity index (χ1n) is 7.00. The number of hydrogen-bond acceptors (Lipinski definition) is 5. The predicted molar refractivity (Wildman–Crippen MR) is 86.2 cm³/mol. The first-order chi connectivity index (χ1) is 12.0. The first kappa shape index (κ1) is 17.9. The Morgan fingerprint density at radius 2 is 2.12 bits per heavy atom. The predicted octanol–water partition coefficient (Wildman–Crippen LogP) is 3.22. The molecule has 0 saturated carbocycles. The normalized spacial score (nSPS) is 10.5. The molecule has 1 aromatic heterocycles. The molecule has 8 heteroatoms. The van der Waals surface area contributed by atoms with Crippen LogP contribution >= 0.6 is 0 Å². The fraction of sp³-hybridized carbons (Fsp3) is 0.118. The van der Waals surface area contributed by atoms with Crippen LogP contribution in [0.1, 0.15) is 11.1 Å². The zero-order chi connectivity index (χ0) is 18.2. The molecular weight excluding hydrogens is 332 g/mol. The molecule has 0 unspecified atom stereocenters. The fourth-order valence-electron chi connectivity index (χ4n) is 1.85. The number of carbonyl (C=O) groups excluding carboxylic acids is 1. The van der Waals surface area contributed by atoms with Crippen molar-refractivity contribution in [3.63, 3.8) is 0 Å². The van der Waals surface area contributed by atoms with Gasteiger partial charge in [0.25, 0.3) is 0 Å². The van der Waals surface area contributed by atoms with E-state index < -0.39 is 12.5 Å². The molecule has 0 aliphatic rings. The number of ether oxygens (including phenoxy) is 2. The molecule has 1 aromatic carbocycles. The molecule has 0 bridgehead atoms. The third-order valence-corrected chi connectivity index (χ3v) is 2.97. The highest BCUT2D eigenvalue weighted by Crippen LogP contribution is 2.29. The average Bonchev–Trinajstić information content (AvgIpc) is 2.61. The number of carbonyl (C=O) groups is 1. The van der Waals surface area contributed by atoms with Gasteiger partial charge in [0.1, 0.15) is 11.9 Å². The Labute approximate surface area is 142 Å². The summed E-state index contributed by atoms with van der Waals surface area (Å²) in [5, 5.41) is 11.2. The lowest BCUT2D eigenvalue weighted by molar-refractivity contribution is -0.111. The maximum atomic E-state index is 12.3. The first-order valence-corrected chi connectivity index (χ1v) is 7.00. The van der Waals surface area contributed by atoms with Gasteiger partial charge in [-0.1, -0.05) is 6.07 Å². The summed E-state index contributed by atoms with van der Waals surface area (Å²) < 4.78 is 33.9. The van der Waals surface area contributed by atoms with E-state index >= 15 is 0 Å². The highest BCUT2D eigenvalue weighted by molar-refractivity contribution is 6.01. The molecule has 25 heavy (non-hydrogen) atoms. The molecule has 0 radical (unpaired) electrons. The van der Waals surface area contributed by atoms with Gasteiger partial charge in [-0.05, 0) is 35.9 Å². The number of pyridine rings is 1. The number of rotatable bonds is 6. The second kappa shape index (κ2) is 8.40. The van der Waals surface area contributed by atoms with Crippen molar-refractivity contribution in [2.24, 2.45) is 0 Å². The topological polar surface area (TPSA) is 84.2 Å². The van der Waals surface area contributed by atoms with Gasteiger partial charge >= 0.3 is 6.61 Å². The zero-order valence-electron chi connectivity index (χ0n) is 13.1. The fourth-order valence-corrected chi connectivity index (χ4v) is 1.85. The molecule has 128 valence electrons. The third-order valence-electron chi connectivity index (χ3n) is 2.97. The summed E-state index contributed by atoms with van der Waals surface area (Å²) in [6.07, 6.45) is 4.07. The number of anilines is 1. The number of nitrogens with one attached hydrogen (secondary N) is 1. The van der Waals surface area contributed by atoms with E-state index in [1.165, 1.54) is 55.8 Å². The van der Waals surface area contributed by atoms with E-state index in [9.17, 15) is 13.6 Å². The standard InChI is InChI=1S/C17H13F2N3O3/c1-24-14-8-11(2-5-13(14)25-17(18)19)4-7-16(23)22-15-6-3-12(9-20)10-21-15/h2-8,10,17H,1H3,(H,21,22,23). The van der Waals surface area contributed by atoms with Crippen LogP contribution in [0.15, 0.2) is 42.6 Å². The molecule has 1 N–H and O–H groups in total. The Bertz CT molecular complexity index is 815. The summed E-state index contributed by atoms with van der Waals surface area (Å²) >= 11 is 0. The van der Waals surface area contributed by atoms with Gasteiger partial charge in [0.15, 0.2) is 11.5 Å². The summed E-state index contributed by atoms with van der Waals surface area (Å²) in [4.78, 5) is 15.8. The van der Waals surface area contributed by atoms with Crippen molar-refractivity contribution in [1.29, 1.82) is 5.26 Å².